The largest absolute Gasteiger partial charge is 0.397 e. The van der Waals surface area contributed by atoms with Crippen LogP contribution in [0.1, 0.15) is 84.6 Å². The summed E-state index contributed by atoms with van der Waals surface area (Å²) in [4.78, 5) is 24.6. The van der Waals surface area contributed by atoms with E-state index in [1.54, 1.807) is 35.2 Å². The van der Waals surface area contributed by atoms with E-state index in [9.17, 15) is 14.7 Å². The smallest absolute Gasteiger partial charge is 0.224 e. The first-order valence-electron chi connectivity index (χ1n) is 16.3. The number of benzene rings is 3. The number of unbranched alkanes of at least 4 members (excludes halogenated alkanes) is 3. The van der Waals surface area contributed by atoms with E-state index in [4.69, 9.17) is 15.2 Å². The minimum atomic E-state index is -0.547. The zero-order chi connectivity index (χ0) is 33.7. The molecule has 4 aromatic rings. The molecule has 3 atom stereocenters. The van der Waals surface area contributed by atoms with E-state index in [0.717, 1.165) is 63.0 Å². The van der Waals surface area contributed by atoms with E-state index in [2.05, 4.69) is 20.8 Å². The fourth-order valence-corrected chi connectivity index (χ4v) is 7.21. The molecule has 1 fully saturated rings. The Balaban J connectivity index is 1.05. The molecule has 1 saturated heterocycles. The molecule has 0 spiro atoms. The van der Waals surface area contributed by atoms with Crippen LogP contribution in [0, 0.1) is 6.92 Å². The number of hydrogen-bond acceptors (Lipinski definition) is 10. The number of para-hydroxylation sites is 2. The van der Waals surface area contributed by atoms with Gasteiger partial charge in [0.2, 0.25) is 11.8 Å². The molecule has 254 valence electrons. The first-order chi connectivity index (χ1) is 23.4. The van der Waals surface area contributed by atoms with E-state index in [-0.39, 0.29) is 30.6 Å². The number of rotatable bonds is 16. The van der Waals surface area contributed by atoms with Gasteiger partial charge in [0, 0.05) is 37.1 Å². The molecule has 0 saturated carbocycles. The highest BCUT2D eigenvalue weighted by Gasteiger charge is 2.32. The van der Waals surface area contributed by atoms with Gasteiger partial charge in [0.05, 0.1) is 30.2 Å². The number of nitrogens with two attached hydrogens (primary N) is 1. The minimum Gasteiger partial charge on any atom is -0.397 e. The molecule has 0 radical (unpaired) electrons. The van der Waals surface area contributed by atoms with E-state index >= 15 is 0 Å². The van der Waals surface area contributed by atoms with E-state index in [0.29, 0.717) is 37.2 Å². The number of thioether (sulfide) groups is 1. The van der Waals surface area contributed by atoms with Crippen LogP contribution in [0.2, 0.25) is 0 Å². The summed E-state index contributed by atoms with van der Waals surface area (Å²) in [7, 11) is 0. The highest BCUT2D eigenvalue weighted by Crippen LogP contribution is 2.39. The zero-order valence-electron chi connectivity index (χ0n) is 27.1. The Bertz CT molecular complexity index is 1620. The second-order valence-corrected chi connectivity index (χ2v) is 14.3. The van der Waals surface area contributed by atoms with Crippen molar-refractivity contribution in [3.05, 3.63) is 100 Å². The molecule has 2 amide bonds. The molecule has 12 heteroatoms. The van der Waals surface area contributed by atoms with Crippen LogP contribution in [0.15, 0.2) is 77.1 Å². The molecule has 2 heterocycles. The number of nitrogens with one attached hydrogen (secondary N) is 2. The third-order valence-electron chi connectivity index (χ3n) is 8.05. The predicted octanol–water partition coefficient (Wildman–Crippen LogP) is 6.85. The van der Waals surface area contributed by atoms with Gasteiger partial charge in [-0.3, -0.25) is 9.59 Å². The SMILES string of the molecule is Cc1nnc(SC[C@H]2C[C@@H](c3ccc(CO)cc3)O[C@@H](c3ccc(CNC(=O)CCCCCCC(=O)Nc4ccccc4N)cc3)O2)s1. The third kappa shape index (κ3) is 10.9. The summed E-state index contributed by atoms with van der Waals surface area (Å²) in [5.74, 6) is 0.685. The molecular weight excluding hydrogens is 647 g/mol. The van der Waals surface area contributed by atoms with E-state index in [1.165, 1.54) is 0 Å². The van der Waals surface area contributed by atoms with Gasteiger partial charge in [-0.2, -0.15) is 0 Å². The summed E-state index contributed by atoms with van der Waals surface area (Å²) in [6.45, 7) is 2.38. The Morgan fingerprint density at radius 3 is 2.27 bits per heavy atom. The average Bonchev–Trinajstić information content (AvgIpc) is 3.53. The first-order valence-corrected chi connectivity index (χ1v) is 18.1. The summed E-state index contributed by atoms with van der Waals surface area (Å²) < 4.78 is 13.8. The predicted molar refractivity (Wildman–Crippen MR) is 189 cm³/mol. The molecule has 5 rings (SSSR count). The number of aryl methyl sites for hydroxylation is 1. The highest BCUT2D eigenvalue weighted by molar-refractivity contribution is 8.01. The molecule has 48 heavy (non-hydrogen) atoms. The normalized spacial score (nSPS) is 17.6. The summed E-state index contributed by atoms with van der Waals surface area (Å²) in [6, 6.07) is 23.0. The van der Waals surface area contributed by atoms with Crippen molar-refractivity contribution in [2.24, 2.45) is 0 Å². The standard InChI is InChI=1S/C36H43N5O5S2/c1-24-40-41-36(48-24)47-23-29-20-32(27-16-14-26(22-42)15-17-27)46-35(45-29)28-18-12-25(13-19-28)21-38-33(43)10-4-2-3-5-11-34(44)39-31-9-7-6-8-30(31)37/h6-9,12-19,29,32,35,42H,2-5,10-11,20-23,37H2,1H3,(H,38,43)(H,39,44)/t29-,32+,35+/m1/s1. The maximum atomic E-state index is 12.5. The van der Waals surface area contributed by atoms with Crippen molar-refractivity contribution in [3.8, 4) is 0 Å². The van der Waals surface area contributed by atoms with E-state index in [1.807, 2.05) is 67.6 Å². The van der Waals surface area contributed by atoms with Gasteiger partial charge >= 0.3 is 0 Å². The lowest BCUT2D eigenvalue weighted by atomic mass is 10.0. The Morgan fingerprint density at radius 2 is 1.58 bits per heavy atom. The average molecular weight is 690 g/mol. The summed E-state index contributed by atoms with van der Waals surface area (Å²) in [5, 5.41) is 24.6. The van der Waals surface area contributed by atoms with Gasteiger partial charge in [-0.25, -0.2) is 0 Å². The van der Waals surface area contributed by atoms with Crippen molar-refractivity contribution >= 4 is 46.3 Å². The lowest BCUT2D eigenvalue weighted by Gasteiger charge is -2.36. The number of anilines is 2. The Morgan fingerprint density at radius 1 is 0.896 bits per heavy atom. The first kappa shape index (κ1) is 35.5. The van der Waals surface area contributed by atoms with Crippen molar-refractivity contribution in [1.29, 1.82) is 0 Å². The lowest BCUT2D eigenvalue weighted by Crippen LogP contribution is -2.31. The quantitative estimate of drug-likeness (QED) is 0.0563. The molecule has 0 aliphatic carbocycles. The number of aliphatic hydroxyl groups is 1. The number of aliphatic hydroxyl groups excluding tert-OH is 1. The number of ether oxygens (including phenoxy) is 2. The highest BCUT2D eigenvalue weighted by atomic mass is 32.2. The van der Waals surface area contributed by atoms with Gasteiger partial charge in [0.25, 0.3) is 0 Å². The second kappa shape index (κ2) is 18.1. The van der Waals surface area contributed by atoms with Crippen molar-refractivity contribution in [2.75, 3.05) is 16.8 Å². The van der Waals surface area contributed by atoms with Gasteiger partial charge in [-0.05, 0) is 48.6 Å². The maximum Gasteiger partial charge on any atom is 0.224 e. The van der Waals surface area contributed by atoms with Gasteiger partial charge in [-0.15, -0.1) is 10.2 Å². The fourth-order valence-electron chi connectivity index (χ4n) is 5.35. The molecule has 1 aliphatic rings. The summed E-state index contributed by atoms with van der Waals surface area (Å²) in [5.41, 5.74) is 10.9. The molecule has 3 aromatic carbocycles. The van der Waals surface area contributed by atoms with Gasteiger partial charge in [0.15, 0.2) is 10.6 Å². The van der Waals surface area contributed by atoms with Crippen molar-refractivity contribution < 1.29 is 24.2 Å². The van der Waals surface area contributed by atoms with Gasteiger partial charge in [-0.1, -0.05) is 96.6 Å². The Hall–Kier alpha value is -3.81. The number of hydrogen-bond donors (Lipinski definition) is 4. The van der Waals surface area contributed by atoms with Crippen LogP contribution in [0.4, 0.5) is 11.4 Å². The molecular formula is C36H43N5O5S2. The maximum absolute atomic E-state index is 12.5. The fraction of sp³-hybridized carbons (Fsp3) is 0.389. The zero-order valence-corrected chi connectivity index (χ0v) is 28.7. The molecule has 0 unspecified atom stereocenters. The molecule has 10 nitrogen and oxygen atoms in total. The van der Waals surface area contributed by atoms with Crippen LogP contribution in [0.3, 0.4) is 0 Å². The van der Waals surface area contributed by atoms with Crippen LogP contribution in [-0.2, 0) is 32.2 Å². The van der Waals surface area contributed by atoms with Crippen LogP contribution in [-0.4, -0.2) is 39.0 Å². The van der Waals surface area contributed by atoms with Gasteiger partial charge in [0.1, 0.15) is 5.01 Å². The van der Waals surface area contributed by atoms with Crippen LogP contribution in [0.5, 0.6) is 0 Å². The summed E-state index contributed by atoms with van der Waals surface area (Å²) >= 11 is 3.22. The second-order valence-electron chi connectivity index (χ2n) is 11.8. The van der Waals surface area contributed by atoms with Crippen LogP contribution >= 0.6 is 23.1 Å². The molecule has 1 aliphatic heterocycles. The Labute approximate surface area is 289 Å². The molecule has 5 N–H and O–H groups in total. The number of aromatic nitrogens is 2. The van der Waals surface area contributed by atoms with Crippen LogP contribution < -0.4 is 16.4 Å². The monoisotopic (exact) mass is 689 g/mol. The van der Waals surface area contributed by atoms with Crippen molar-refractivity contribution in [2.45, 2.75) is 87.9 Å². The molecule has 1 aromatic heterocycles. The number of carbonyl (C=O) groups excluding carboxylic acids is 2. The number of nitrogens with zero attached hydrogens (tertiary/aromatic N) is 2. The topological polar surface area (TPSA) is 149 Å². The minimum absolute atomic E-state index is 0.00113. The van der Waals surface area contributed by atoms with Gasteiger partial charge < -0.3 is 30.9 Å². The lowest BCUT2D eigenvalue weighted by molar-refractivity contribution is -0.245. The van der Waals surface area contributed by atoms with Crippen LogP contribution in [0.25, 0.3) is 0 Å². The third-order valence-corrected chi connectivity index (χ3v) is 10.2. The number of nitrogen functional groups attached to an aromatic ring is 1. The molecule has 0 bridgehead atoms. The number of amides is 2. The number of carbonyl (C=O) groups is 2. The van der Waals surface area contributed by atoms with Crippen molar-refractivity contribution in [1.82, 2.24) is 15.5 Å². The van der Waals surface area contributed by atoms with E-state index < -0.39 is 6.29 Å². The van der Waals surface area contributed by atoms with Crippen molar-refractivity contribution in [3.63, 3.8) is 0 Å². The summed E-state index contributed by atoms with van der Waals surface area (Å²) in [6.07, 6.45) is 4.10. The Kier molecular flexibility index (Phi) is 13.4.